The van der Waals surface area contributed by atoms with Gasteiger partial charge in [-0.1, -0.05) is 18.6 Å². The molecule has 1 aromatic rings. The van der Waals surface area contributed by atoms with Crippen LogP contribution in [0.5, 0.6) is 0 Å². The zero-order valence-corrected chi connectivity index (χ0v) is 12.1. The number of nitrogens with zero attached hydrogens (tertiary/aromatic N) is 1. The number of sulfonamides is 1. The molecule has 4 nitrogen and oxygen atoms in total. The van der Waals surface area contributed by atoms with Gasteiger partial charge in [0.15, 0.2) is 0 Å². The molecular formula is C13H17F3N2O2S. The van der Waals surface area contributed by atoms with Gasteiger partial charge in [-0.05, 0) is 25.0 Å². The van der Waals surface area contributed by atoms with Gasteiger partial charge in [0.05, 0.1) is 10.5 Å². The molecule has 1 heterocycles. The second-order valence-electron chi connectivity index (χ2n) is 4.99. The molecule has 0 aromatic heterocycles. The first kappa shape index (κ1) is 16.3. The molecule has 1 unspecified atom stereocenters. The summed E-state index contributed by atoms with van der Waals surface area (Å²) in [4.78, 5) is -0.696. The summed E-state index contributed by atoms with van der Waals surface area (Å²) in [5.41, 5.74) is 4.43. The first-order chi connectivity index (χ1) is 9.78. The zero-order chi connectivity index (χ0) is 15.7. The van der Waals surface area contributed by atoms with Crippen LogP contribution in [-0.2, 0) is 16.2 Å². The van der Waals surface area contributed by atoms with Gasteiger partial charge in [0, 0.05) is 19.1 Å². The molecule has 0 spiro atoms. The predicted molar refractivity (Wildman–Crippen MR) is 72.0 cm³/mol. The third kappa shape index (κ3) is 3.22. The summed E-state index contributed by atoms with van der Waals surface area (Å²) in [7, 11) is -4.20. The Morgan fingerprint density at radius 1 is 1.24 bits per heavy atom. The van der Waals surface area contributed by atoms with Gasteiger partial charge in [-0.25, -0.2) is 8.42 Å². The van der Waals surface area contributed by atoms with Gasteiger partial charge in [-0.15, -0.1) is 0 Å². The van der Waals surface area contributed by atoms with Gasteiger partial charge >= 0.3 is 6.18 Å². The molecule has 2 N–H and O–H groups in total. The summed E-state index contributed by atoms with van der Waals surface area (Å²) in [5, 5.41) is 0. The lowest BCUT2D eigenvalue weighted by molar-refractivity contribution is -0.139. The summed E-state index contributed by atoms with van der Waals surface area (Å²) in [6, 6.07) is 3.82. The minimum absolute atomic E-state index is 0.105. The average Bonchev–Trinajstić information content (AvgIpc) is 2.46. The summed E-state index contributed by atoms with van der Waals surface area (Å²) in [5.74, 6) is 0. The maximum atomic E-state index is 13.0. The molecule has 1 saturated heterocycles. The quantitative estimate of drug-likeness (QED) is 0.928. The molecule has 118 valence electrons. The van der Waals surface area contributed by atoms with Crippen molar-refractivity contribution in [1.29, 1.82) is 0 Å². The molecule has 1 fully saturated rings. The summed E-state index contributed by atoms with van der Waals surface area (Å²) in [6.07, 6.45) is -2.68. The van der Waals surface area contributed by atoms with Crippen LogP contribution in [0.25, 0.3) is 0 Å². The first-order valence-electron chi connectivity index (χ1n) is 6.66. The first-order valence-corrected chi connectivity index (χ1v) is 8.10. The molecule has 1 aliphatic rings. The fraction of sp³-hybridized carbons (Fsp3) is 0.538. The molecule has 1 atom stereocenters. The average molecular weight is 322 g/mol. The molecule has 0 amide bonds. The van der Waals surface area contributed by atoms with Crippen LogP contribution in [0.4, 0.5) is 13.2 Å². The van der Waals surface area contributed by atoms with Crippen molar-refractivity contribution >= 4 is 10.0 Å². The Labute approximate surface area is 121 Å². The van der Waals surface area contributed by atoms with E-state index in [9.17, 15) is 21.6 Å². The number of halogens is 3. The Hall–Kier alpha value is -1.12. The van der Waals surface area contributed by atoms with E-state index in [2.05, 4.69) is 0 Å². The third-order valence-corrected chi connectivity index (χ3v) is 5.63. The highest BCUT2D eigenvalue weighted by Gasteiger charge is 2.40. The number of hydrogen-bond donors (Lipinski definition) is 1. The second-order valence-corrected chi connectivity index (χ2v) is 6.85. The lowest BCUT2D eigenvalue weighted by Crippen LogP contribution is -2.47. The zero-order valence-electron chi connectivity index (χ0n) is 11.3. The molecule has 1 aromatic carbocycles. The molecule has 21 heavy (non-hydrogen) atoms. The number of benzene rings is 1. The van der Waals surface area contributed by atoms with Crippen LogP contribution < -0.4 is 5.73 Å². The van der Waals surface area contributed by atoms with Crippen molar-refractivity contribution in [2.75, 3.05) is 13.1 Å². The van der Waals surface area contributed by atoms with Gasteiger partial charge in [0.1, 0.15) is 0 Å². The molecule has 0 aliphatic carbocycles. The normalized spacial score (nSPS) is 21.4. The summed E-state index contributed by atoms with van der Waals surface area (Å²) < 4.78 is 65.4. The van der Waals surface area contributed by atoms with E-state index in [4.69, 9.17) is 5.73 Å². The fourth-order valence-corrected chi connectivity index (χ4v) is 4.50. The Kier molecular flexibility index (Phi) is 4.60. The SMILES string of the molecule is NCC1CCCCN1S(=O)(=O)c1ccccc1C(F)(F)F. The van der Waals surface area contributed by atoms with Gasteiger partial charge in [-0.3, -0.25) is 0 Å². The van der Waals surface area contributed by atoms with E-state index in [-0.39, 0.29) is 13.1 Å². The Morgan fingerprint density at radius 2 is 1.90 bits per heavy atom. The van der Waals surface area contributed by atoms with Crippen molar-refractivity contribution in [3.8, 4) is 0 Å². The van der Waals surface area contributed by atoms with Crippen molar-refractivity contribution in [2.45, 2.75) is 36.4 Å². The van der Waals surface area contributed by atoms with Crippen LogP contribution in [0.15, 0.2) is 29.2 Å². The van der Waals surface area contributed by atoms with Crippen LogP contribution in [0.3, 0.4) is 0 Å². The second kappa shape index (κ2) is 5.94. The van der Waals surface area contributed by atoms with E-state index >= 15 is 0 Å². The monoisotopic (exact) mass is 322 g/mol. The predicted octanol–water partition coefficient (Wildman–Crippen LogP) is 2.21. The van der Waals surface area contributed by atoms with Gasteiger partial charge in [0.2, 0.25) is 10.0 Å². The fourth-order valence-electron chi connectivity index (χ4n) is 2.58. The van der Waals surface area contributed by atoms with E-state index in [0.29, 0.717) is 12.8 Å². The summed E-state index contributed by atoms with van der Waals surface area (Å²) >= 11 is 0. The molecule has 1 aliphatic heterocycles. The Balaban J connectivity index is 2.49. The van der Waals surface area contributed by atoms with Crippen molar-refractivity contribution in [3.63, 3.8) is 0 Å². The van der Waals surface area contributed by atoms with Crippen molar-refractivity contribution < 1.29 is 21.6 Å². The van der Waals surface area contributed by atoms with Crippen molar-refractivity contribution in [1.82, 2.24) is 4.31 Å². The lowest BCUT2D eigenvalue weighted by atomic mass is 10.1. The molecule has 0 bridgehead atoms. The van der Waals surface area contributed by atoms with Crippen LogP contribution >= 0.6 is 0 Å². The molecule has 0 radical (unpaired) electrons. The van der Waals surface area contributed by atoms with Crippen molar-refractivity contribution in [2.24, 2.45) is 5.73 Å². The third-order valence-electron chi connectivity index (χ3n) is 3.62. The number of alkyl halides is 3. The highest BCUT2D eigenvalue weighted by atomic mass is 32.2. The Morgan fingerprint density at radius 3 is 2.52 bits per heavy atom. The minimum Gasteiger partial charge on any atom is -0.329 e. The number of hydrogen-bond acceptors (Lipinski definition) is 3. The smallest absolute Gasteiger partial charge is 0.329 e. The standard InChI is InChI=1S/C13H17F3N2O2S/c14-13(15,16)11-6-1-2-7-12(11)21(19,20)18-8-4-3-5-10(18)9-17/h1-2,6-7,10H,3-5,8-9,17H2. The van der Waals surface area contributed by atoms with Crippen LogP contribution in [-0.4, -0.2) is 31.9 Å². The molecule has 8 heteroatoms. The number of rotatable bonds is 3. The lowest BCUT2D eigenvalue weighted by Gasteiger charge is -2.34. The van der Waals surface area contributed by atoms with E-state index < -0.39 is 32.7 Å². The van der Waals surface area contributed by atoms with Crippen molar-refractivity contribution in [3.05, 3.63) is 29.8 Å². The minimum atomic E-state index is -4.71. The highest BCUT2D eigenvalue weighted by molar-refractivity contribution is 7.89. The van der Waals surface area contributed by atoms with Crippen LogP contribution in [0.2, 0.25) is 0 Å². The van der Waals surface area contributed by atoms with Crippen LogP contribution in [0, 0.1) is 0 Å². The van der Waals surface area contributed by atoms with Crippen LogP contribution in [0.1, 0.15) is 24.8 Å². The van der Waals surface area contributed by atoms with E-state index in [1.807, 2.05) is 0 Å². The van der Waals surface area contributed by atoms with E-state index in [1.54, 1.807) is 0 Å². The topological polar surface area (TPSA) is 63.4 Å². The maximum absolute atomic E-state index is 13.0. The highest BCUT2D eigenvalue weighted by Crippen LogP contribution is 2.36. The van der Waals surface area contributed by atoms with E-state index in [1.165, 1.54) is 12.1 Å². The number of nitrogens with two attached hydrogens (primary N) is 1. The largest absolute Gasteiger partial charge is 0.417 e. The molecule has 0 saturated carbocycles. The summed E-state index contributed by atoms with van der Waals surface area (Å²) in [6.45, 7) is 0.309. The Bertz CT molecular complexity index is 602. The molecule has 2 rings (SSSR count). The maximum Gasteiger partial charge on any atom is 0.417 e. The van der Waals surface area contributed by atoms with Gasteiger partial charge < -0.3 is 5.73 Å². The van der Waals surface area contributed by atoms with Gasteiger partial charge in [-0.2, -0.15) is 17.5 Å². The van der Waals surface area contributed by atoms with Gasteiger partial charge in [0.25, 0.3) is 0 Å². The number of piperidine rings is 1. The van der Waals surface area contributed by atoms with E-state index in [0.717, 1.165) is 22.9 Å². The molecular weight excluding hydrogens is 305 g/mol.